The molecular weight excluding hydrogens is 353 g/mol. The zero-order valence-electron chi connectivity index (χ0n) is 13.1. The largest absolute Gasteiger partial charge is 0.508 e. The normalized spacial score (nSPS) is 17.7. The number of aliphatic hydroxyl groups is 1. The Labute approximate surface area is 145 Å². The Morgan fingerprint density at radius 3 is 2.27 bits per heavy atom. The molecule has 1 aliphatic heterocycles. The van der Waals surface area contributed by atoms with Crippen molar-refractivity contribution in [3.63, 3.8) is 0 Å². The van der Waals surface area contributed by atoms with Gasteiger partial charge in [-0.05, 0) is 41.5 Å². The van der Waals surface area contributed by atoms with E-state index in [4.69, 9.17) is 9.84 Å². The molecule has 2 atom stereocenters. The number of fused-ring (bicyclic) bond motifs is 1. The summed E-state index contributed by atoms with van der Waals surface area (Å²) in [5.41, 5.74) is -0.0147. The monoisotopic (exact) mass is 366 g/mol. The Kier molecular flexibility index (Phi) is 4.37. The van der Waals surface area contributed by atoms with Gasteiger partial charge >= 0.3 is 12.1 Å². The van der Waals surface area contributed by atoms with Crippen LogP contribution in [0.5, 0.6) is 11.5 Å². The van der Waals surface area contributed by atoms with Crippen LogP contribution in [0.25, 0.3) is 6.08 Å². The molecule has 0 saturated heterocycles. The van der Waals surface area contributed by atoms with E-state index in [0.717, 1.165) is 6.08 Å². The number of benzene rings is 2. The molecule has 0 bridgehead atoms. The molecule has 0 saturated carbocycles. The van der Waals surface area contributed by atoms with Gasteiger partial charge in [-0.25, -0.2) is 4.79 Å². The van der Waals surface area contributed by atoms with Crippen molar-refractivity contribution >= 4 is 12.0 Å². The number of aliphatic hydroxyl groups excluding tert-OH is 1. The van der Waals surface area contributed by atoms with Crippen molar-refractivity contribution in [2.45, 2.75) is 18.4 Å². The second-order valence-electron chi connectivity index (χ2n) is 5.74. The van der Waals surface area contributed by atoms with E-state index in [0.29, 0.717) is 11.1 Å². The fourth-order valence-electron chi connectivity index (χ4n) is 2.66. The summed E-state index contributed by atoms with van der Waals surface area (Å²) in [5.74, 6) is -1.84. The Bertz CT molecular complexity index is 871. The van der Waals surface area contributed by atoms with E-state index >= 15 is 0 Å². The molecule has 5 nitrogen and oxygen atoms in total. The highest BCUT2D eigenvalue weighted by Crippen LogP contribution is 2.38. The molecule has 0 spiro atoms. The van der Waals surface area contributed by atoms with Gasteiger partial charge < -0.3 is 20.1 Å². The van der Waals surface area contributed by atoms with Crippen LogP contribution >= 0.6 is 0 Å². The van der Waals surface area contributed by atoms with E-state index in [1.54, 1.807) is 0 Å². The van der Waals surface area contributed by atoms with E-state index in [2.05, 4.69) is 0 Å². The summed E-state index contributed by atoms with van der Waals surface area (Å²) in [4.78, 5) is 11.2. The van der Waals surface area contributed by atoms with Crippen LogP contribution in [0.4, 0.5) is 13.2 Å². The number of alkyl halides is 3. The second-order valence-corrected chi connectivity index (χ2v) is 5.74. The number of halogens is 3. The predicted octanol–water partition coefficient (Wildman–Crippen LogP) is 3.27. The van der Waals surface area contributed by atoms with Gasteiger partial charge in [0.25, 0.3) is 0 Å². The van der Waals surface area contributed by atoms with Gasteiger partial charge in [-0.2, -0.15) is 13.2 Å². The SMILES string of the molecule is O=C(O)C1=Cc2cc(C(O)c3ccc(O)cc3)ccc2OC1C(F)(F)F. The number of carboxylic acids is 1. The molecule has 1 aliphatic rings. The number of phenols is 1. The molecule has 0 amide bonds. The number of carbonyl (C=O) groups is 1. The molecule has 0 aliphatic carbocycles. The molecule has 8 heteroatoms. The number of rotatable bonds is 3. The van der Waals surface area contributed by atoms with Gasteiger partial charge in [0.1, 0.15) is 17.6 Å². The van der Waals surface area contributed by atoms with Crippen LogP contribution in [0.2, 0.25) is 0 Å². The van der Waals surface area contributed by atoms with Crippen LogP contribution in [-0.4, -0.2) is 33.6 Å². The molecule has 2 aromatic carbocycles. The van der Waals surface area contributed by atoms with E-state index in [9.17, 15) is 28.2 Å². The van der Waals surface area contributed by atoms with Crippen molar-refractivity contribution < 1.29 is 38.0 Å². The summed E-state index contributed by atoms with van der Waals surface area (Å²) < 4.78 is 43.9. The van der Waals surface area contributed by atoms with E-state index < -0.39 is 29.9 Å². The lowest BCUT2D eigenvalue weighted by Crippen LogP contribution is -2.40. The number of phenolic OH excluding ortho intramolecular Hbond substituents is 1. The van der Waals surface area contributed by atoms with Crippen LogP contribution in [0.3, 0.4) is 0 Å². The molecule has 2 unspecified atom stereocenters. The molecule has 3 rings (SSSR count). The maximum absolute atomic E-state index is 13.0. The number of carboxylic acid groups (broad SMARTS) is 1. The van der Waals surface area contributed by atoms with Crippen LogP contribution in [0.1, 0.15) is 22.8 Å². The van der Waals surface area contributed by atoms with Crippen LogP contribution in [-0.2, 0) is 4.79 Å². The Balaban J connectivity index is 1.99. The van der Waals surface area contributed by atoms with E-state index in [1.165, 1.54) is 42.5 Å². The summed E-state index contributed by atoms with van der Waals surface area (Å²) in [6.45, 7) is 0. The Morgan fingerprint density at radius 2 is 1.69 bits per heavy atom. The summed E-state index contributed by atoms with van der Waals surface area (Å²) >= 11 is 0. The van der Waals surface area contributed by atoms with Crippen molar-refractivity contribution in [3.8, 4) is 11.5 Å². The lowest BCUT2D eigenvalue weighted by atomic mass is 9.96. The van der Waals surface area contributed by atoms with Gasteiger partial charge in [0, 0.05) is 5.56 Å². The molecule has 136 valence electrons. The number of hydrogen-bond acceptors (Lipinski definition) is 4. The molecule has 0 radical (unpaired) electrons. The third kappa shape index (κ3) is 3.36. The fourth-order valence-corrected chi connectivity index (χ4v) is 2.66. The molecule has 1 heterocycles. The third-order valence-corrected chi connectivity index (χ3v) is 3.94. The van der Waals surface area contributed by atoms with Crippen molar-refractivity contribution in [3.05, 3.63) is 64.7 Å². The first-order valence-electron chi connectivity index (χ1n) is 7.46. The second kappa shape index (κ2) is 6.38. The summed E-state index contributed by atoms with van der Waals surface area (Å²) in [6.07, 6.45) is -7.64. The van der Waals surface area contributed by atoms with Crippen molar-refractivity contribution in [1.29, 1.82) is 0 Å². The van der Waals surface area contributed by atoms with Gasteiger partial charge in [0.05, 0.1) is 5.57 Å². The lowest BCUT2D eigenvalue weighted by Gasteiger charge is -2.27. The van der Waals surface area contributed by atoms with E-state index in [1.807, 2.05) is 0 Å². The average Bonchev–Trinajstić information content (AvgIpc) is 2.59. The maximum Gasteiger partial charge on any atom is 0.430 e. The van der Waals surface area contributed by atoms with Gasteiger partial charge in [-0.3, -0.25) is 0 Å². The summed E-state index contributed by atoms with van der Waals surface area (Å²) in [7, 11) is 0. The smallest absolute Gasteiger partial charge is 0.430 e. The molecular formula is C18H13F3O5. The number of aliphatic carboxylic acids is 1. The van der Waals surface area contributed by atoms with Crippen molar-refractivity contribution in [2.75, 3.05) is 0 Å². The zero-order chi connectivity index (χ0) is 19.1. The first-order valence-corrected chi connectivity index (χ1v) is 7.46. The predicted molar refractivity (Wildman–Crippen MR) is 84.7 cm³/mol. The molecule has 26 heavy (non-hydrogen) atoms. The highest BCUT2D eigenvalue weighted by atomic mass is 19.4. The zero-order valence-corrected chi connectivity index (χ0v) is 13.1. The quantitative estimate of drug-likeness (QED) is 0.776. The van der Waals surface area contributed by atoms with Gasteiger partial charge in [-0.1, -0.05) is 18.2 Å². The van der Waals surface area contributed by atoms with Crippen molar-refractivity contribution in [1.82, 2.24) is 0 Å². The maximum atomic E-state index is 13.0. The van der Waals surface area contributed by atoms with Crippen LogP contribution in [0.15, 0.2) is 48.0 Å². The van der Waals surface area contributed by atoms with Gasteiger partial charge in [-0.15, -0.1) is 0 Å². The average molecular weight is 366 g/mol. The molecule has 3 N–H and O–H groups in total. The third-order valence-electron chi connectivity index (χ3n) is 3.94. The minimum Gasteiger partial charge on any atom is -0.508 e. The highest BCUT2D eigenvalue weighted by molar-refractivity contribution is 5.95. The van der Waals surface area contributed by atoms with Crippen LogP contribution < -0.4 is 4.74 Å². The number of ether oxygens (including phenoxy) is 1. The van der Waals surface area contributed by atoms with E-state index in [-0.39, 0.29) is 17.1 Å². The topological polar surface area (TPSA) is 87.0 Å². The van der Waals surface area contributed by atoms with Crippen molar-refractivity contribution in [2.24, 2.45) is 0 Å². The molecule has 2 aromatic rings. The van der Waals surface area contributed by atoms with Crippen LogP contribution in [0, 0.1) is 0 Å². The molecule has 0 aromatic heterocycles. The number of aromatic hydroxyl groups is 1. The minimum atomic E-state index is -4.87. The Hall–Kier alpha value is -3.00. The number of hydrogen-bond donors (Lipinski definition) is 3. The first kappa shape index (κ1) is 17.8. The lowest BCUT2D eigenvalue weighted by molar-refractivity contribution is -0.187. The standard InChI is InChI=1S/C18H13F3O5/c19-18(20,21)16-13(17(24)25)8-11-7-10(3-6-14(11)26-16)15(23)9-1-4-12(22)5-2-9/h1-8,15-16,22-23H,(H,24,25). The highest BCUT2D eigenvalue weighted by Gasteiger charge is 2.48. The van der Waals surface area contributed by atoms with Gasteiger partial charge in [0.15, 0.2) is 0 Å². The minimum absolute atomic E-state index is 0.0204. The summed E-state index contributed by atoms with van der Waals surface area (Å²) in [6, 6.07) is 9.77. The first-order chi connectivity index (χ1) is 12.2. The Morgan fingerprint density at radius 1 is 1.08 bits per heavy atom. The van der Waals surface area contributed by atoms with Gasteiger partial charge in [0.2, 0.25) is 6.10 Å². The fraction of sp³-hybridized carbons (Fsp3) is 0.167. The summed E-state index contributed by atoms with van der Waals surface area (Å²) in [5, 5.41) is 28.7. The molecule has 0 fully saturated rings.